The number of carbonyl (C=O) groups excluding carboxylic acids is 1. The Labute approximate surface area is 313 Å². The molecule has 0 fully saturated rings. The summed E-state index contributed by atoms with van der Waals surface area (Å²) >= 11 is 29.1. The third-order valence-electron chi connectivity index (χ3n) is 6.13. The second kappa shape index (κ2) is 15.6. The number of rotatable bonds is 9. The van der Waals surface area contributed by atoms with Crippen LogP contribution in [0.15, 0.2) is 58.7 Å². The van der Waals surface area contributed by atoms with Gasteiger partial charge in [0, 0.05) is 11.2 Å². The van der Waals surface area contributed by atoms with Gasteiger partial charge in [0.25, 0.3) is 15.8 Å². The van der Waals surface area contributed by atoms with Crippen LogP contribution in [0.3, 0.4) is 0 Å². The number of carbonyl (C=O) groups is 2. The van der Waals surface area contributed by atoms with Crippen molar-refractivity contribution in [1.29, 1.82) is 0 Å². The minimum Gasteiger partial charge on any atom is -0.481 e. The van der Waals surface area contributed by atoms with Crippen molar-refractivity contribution in [2.45, 2.75) is 20.8 Å². The summed E-state index contributed by atoms with van der Waals surface area (Å²) < 4.78 is 62.6. The number of carboxylic acids is 1. The van der Waals surface area contributed by atoms with Crippen LogP contribution in [-0.4, -0.2) is 88.0 Å². The minimum atomic E-state index is -4.68. The largest absolute Gasteiger partial charge is 0.481 e. The molecule has 4 aromatic heterocycles. The maximum absolute atomic E-state index is 13.0. The van der Waals surface area contributed by atoms with Crippen LogP contribution < -0.4 is 19.5 Å². The number of sulfone groups is 1. The van der Waals surface area contributed by atoms with Crippen molar-refractivity contribution in [2.75, 3.05) is 25.3 Å². The van der Waals surface area contributed by atoms with Gasteiger partial charge in [-0.15, -0.1) is 5.10 Å². The van der Waals surface area contributed by atoms with Crippen molar-refractivity contribution < 1.29 is 41.0 Å². The molecule has 3 N–H and O–H groups in total. The van der Waals surface area contributed by atoms with Crippen LogP contribution >= 0.6 is 58.0 Å². The summed E-state index contributed by atoms with van der Waals surface area (Å²) in [6.07, 6.45) is 1.32. The Morgan fingerprint density at radius 2 is 1.59 bits per heavy atom. The van der Waals surface area contributed by atoms with Gasteiger partial charge in [-0.2, -0.15) is 18.4 Å². The predicted molar refractivity (Wildman–Crippen MR) is 185 cm³/mol. The van der Waals surface area contributed by atoms with E-state index in [1.165, 1.54) is 63.7 Å². The SMILES string of the molecule is CCS(=O)(=O)c1nc2ccccn2c1S(=O)(=O)NC(=O)Nc1nc(OC)cc(OC)n1.O=C(O)c1nc(C(Cl)(Cl)Cl)n(-c2ccc(Cl)cc2Cl)n1. The lowest BCUT2D eigenvalue weighted by atomic mass is 10.3. The number of fused-ring (bicyclic) bond motifs is 1. The van der Waals surface area contributed by atoms with Gasteiger partial charge in [-0.1, -0.05) is 71.0 Å². The minimum absolute atomic E-state index is 0.0584. The van der Waals surface area contributed by atoms with Gasteiger partial charge in [0.1, 0.15) is 5.65 Å². The summed E-state index contributed by atoms with van der Waals surface area (Å²) in [5, 5.41) is 14.1. The molecular formula is C26H22Cl5N9O9S2. The predicted octanol–water partition coefficient (Wildman–Crippen LogP) is 4.54. The van der Waals surface area contributed by atoms with Crippen molar-refractivity contribution in [2.24, 2.45) is 0 Å². The highest BCUT2D eigenvalue weighted by Crippen LogP contribution is 2.39. The highest BCUT2D eigenvalue weighted by Gasteiger charge is 2.34. The topological polar surface area (TPSA) is 239 Å². The summed E-state index contributed by atoms with van der Waals surface area (Å²) in [7, 11) is -6.04. The molecule has 0 atom stereocenters. The number of methoxy groups -OCH3 is 2. The van der Waals surface area contributed by atoms with E-state index in [0.717, 1.165) is 9.08 Å². The van der Waals surface area contributed by atoms with Gasteiger partial charge in [-0.05, 0) is 30.3 Å². The molecule has 5 aromatic rings. The molecule has 0 spiro atoms. The number of nitrogens with one attached hydrogen (secondary N) is 2. The van der Waals surface area contributed by atoms with Gasteiger partial charge in [0.15, 0.2) is 25.7 Å². The molecule has 0 aliphatic rings. The molecule has 0 aliphatic carbocycles. The van der Waals surface area contributed by atoms with E-state index in [1.54, 1.807) is 10.8 Å². The highest BCUT2D eigenvalue weighted by molar-refractivity contribution is 7.93. The first-order valence-electron chi connectivity index (χ1n) is 13.5. The number of ether oxygens (including phenoxy) is 2. The van der Waals surface area contributed by atoms with E-state index in [0.29, 0.717) is 5.02 Å². The fraction of sp³-hybridized carbons (Fsp3) is 0.192. The zero-order chi connectivity index (χ0) is 37.9. The second-order valence-electron chi connectivity index (χ2n) is 9.46. The number of amides is 2. The van der Waals surface area contributed by atoms with E-state index in [2.05, 4.69) is 30.4 Å². The van der Waals surface area contributed by atoms with Crippen LogP contribution in [-0.2, 0) is 23.7 Å². The second-order valence-corrected chi connectivity index (χ2v) is 16.4. The van der Waals surface area contributed by atoms with Crippen molar-refractivity contribution in [3.63, 3.8) is 0 Å². The normalized spacial score (nSPS) is 11.8. The van der Waals surface area contributed by atoms with E-state index in [4.69, 9.17) is 72.6 Å². The number of anilines is 1. The number of pyridine rings is 1. The summed E-state index contributed by atoms with van der Waals surface area (Å²) in [4.78, 5) is 38.6. The number of urea groups is 1. The van der Waals surface area contributed by atoms with Crippen molar-refractivity contribution >= 4 is 101 Å². The smallest absolute Gasteiger partial charge is 0.375 e. The first-order valence-corrected chi connectivity index (χ1v) is 18.6. The number of benzene rings is 1. The van der Waals surface area contributed by atoms with Gasteiger partial charge in [0.2, 0.25) is 21.5 Å². The first kappa shape index (κ1) is 39.6. The monoisotopic (exact) mass is 843 g/mol. The molecule has 0 saturated heterocycles. The lowest BCUT2D eigenvalue weighted by Gasteiger charge is -2.12. The van der Waals surface area contributed by atoms with Crippen LogP contribution in [0, 0.1) is 0 Å². The van der Waals surface area contributed by atoms with Gasteiger partial charge in [-0.25, -0.2) is 37.4 Å². The number of aromatic carboxylic acids is 1. The summed E-state index contributed by atoms with van der Waals surface area (Å²) in [5.41, 5.74) is 0.369. The molecule has 4 heterocycles. The molecule has 18 nitrogen and oxygen atoms in total. The van der Waals surface area contributed by atoms with E-state index >= 15 is 0 Å². The molecule has 25 heteroatoms. The van der Waals surface area contributed by atoms with E-state index in [1.807, 2.05) is 0 Å². The zero-order valence-electron chi connectivity index (χ0n) is 25.9. The number of halogens is 5. The Bertz CT molecular complexity index is 2330. The number of aromatic nitrogens is 7. The Kier molecular flexibility index (Phi) is 12.1. The molecule has 0 bridgehead atoms. The molecule has 0 saturated carbocycles. The molecule has 0 radical (unpaired) electrons. The van der Waals surface area contributed by atoms with Crippen LogP contribution in [0.1, 0.15) is 23.4 Å². The lowest BCUT2D eigenvalue weighted by molar-refractivity contribution is 0.0683. The summed E-state index contributed by atoms with van der Waals surface area (Å²) in [6, 6.07) is 9.09. The lowest BCUT2D eigenvalue weighted by Crippen LogP contribution is -2.36. The molecule has 2 amide bonds. The molecular weight excluding hydrogens is 824 g/mol. The summed E-state index contributed by atoms with van der Waals surface area (Å²) in [5.74, 6) is -2.64. The fourth-order valence-corrected chi connectivity index (χ4v) is 7.43. The highest BCUT2D eigenvalue weighted by atomic mass is 35.6. The Morgan fingerprint density at radius 3 is 2.14 bits per heavy atom. The Hall–Kier alpha value is -4.18. The molecule has 5 rings (SSSR count). The third kappa shape index (κ3) is 9.19. The van der Waals surface area contributed by atoms with Gasteiger partial charge >= 0.3 is 12.0 Å². The molecule has 1 aromatic carbocycles. The number of hydrogen-bond donors (Lipinski definition) is 3. The van der Waals surface area contributed by atoms with Gasteiger partial charge in [0.05, 0.1) is 36.7 Å². The van der Waals surface area contributed by atoms with Crippen molar-refractivity contribution in [1.82, 2.24) is 38.8 Å². The van der Waals surface area contributed by atoms with Crippen LogP contribution in [0.5, 0.6) is 11.8 Å². The van der Waals surface area contributed by atoms with Crippen LogP contribution in [0.4, 0.5) is 10.7 Å². The third-order valence-corrected chi connectivity index (χ3v) is 10.3. The molecule has 0 aliphatic heterocycles. The van der Waals surface area contributed by atoms with Crippen LogP contribution in [0.2, 0.25) is 10.0 Å². The maximum atomic E-state index is 13.0. The van der Waals surface area contributed by atoms with Crippen molar-refractivity contribution in [3.8, 4) is 17.4 Å². The maximum Gasteiger partial charge on any atom is 0.375 e. The molecule has 0 unspecified atom stereocenters. The van der Waals surface area contributed by atoms with E-state index in [-0.39, 0.29) is 45.6 Å². The van der Waals surface area contributed by atoms with Gasteiger partial charge in [-0.3, -0.25) is 9.72 Å². The van der Waals surface area contributed by atoms with Crippen LogP contribution in [0.25, 0.3) is 11.3 Å². The number of nitrogens with zero attached hydrogens (tertiary/aromatic N) is 7. The Morgan fingerprint density at radius 1 is 0.941 bits per heavy atom. The average molecular weight is 846 g/mol. The number of alkyl halides is 3. The molecule has 272 valence electrons. The fourth-order valence-electron chi connectivity index (χ4n) is 3.91. The number of sulfonamides is 1. The van der Waals surface area contributed by atoms with E-state index in [9.17, 15) is 26.4 Å². The van der Waals surface area contributed by atoms with Gasteiger partial charge < -0.3 is 14.6 Å². The summed E-state index contributed by atoms with van der Waals surface area (Å²) in [6.45, 7) is 1.35. The van der Waals surface area contributed by atoms with Crippen molar-refractivity contribution in [3.05, 3.63) is 70.4 Å². The quantitative estimate of drug-likeness (QED) is 0.173. The first-order chi connectivity index (χ1) is 23.8. The van der Waals surface area contributed by atoms with E-state index < -0.39 is 51.5 Å². The molecule has 51 heavy (non-hydrogen) atoms. The number of imidazole rings is 1. The Balaban J connectivity index is 0.000000251. The zero-order valence-corrected chi connectivity index (χ0v) is 31.3. The average Bonchev–Trinajstić information content (AvgIpc) is 3.69. The number of hydrogen-bond acceptors (Lipinski definition) is 13. The standard InChI is InChI=1S/C16H18N6O7S2.C10H4Cl5N3O2/c1-4-30(24,25)13-14(22-8-6-5-7-10(22)17-13)31(26,27)21-16(23)20-15-18-11(28-2)9-12(19-15)29-3;11-4-1-2-6(5(12)3-4)18-9(10(13,14)15)16-7(17-18)8(19)20/h5-9H,4H2,1-3H3,(H2,18,19,20,21,23);1-3H,(H,19,20). The number of carboxylic acid groups (broad SMARTS) is 1.